The van der Waals surface area contributed by atoms with Crippen molar-refractivity contribution in [1.82, 2.24) is 5.32 Å². The summed E-state index contributed by atoms with van der Waals surface area (Å²) in [5.74, 6) is -0.588. The van der Waals surface area contributed by atoms with Crippen LogP contribution < -0.4 is 9.62 Å². The highest BCUT2D eigenvalue weighted by atomic mass is 32.2. The lowest BCUT2D eigenvalue weighted by molar-refractivity contribution is 0.0951. The Bertz CT molecular complexity index is 940. The predicted molar refractivity (Wildman–Crippen MR) is 98.8 cm³/mol. The van der Waals surface area contributed by atoms with Gasteiger partial charge in [-0.25, -0.2) is 12.8 Å². The Labute approximate surface area is 152 Å². The molecule has 1 N–H and O–H groups in total. The summed E-state index contributed by atoms with van der Waals surface area (Å²) >= 11 is 0. The summed E-state index contributed by atoms with van der Waals surface area (Å²) in [4.78, 5) is 12.4. The van der Waals surface area contributed by atoms with E-state index in [-0.39, 0.29) is 18.3 Å². The summed E-state index contributed by atoms with van der Waals surface area (Å²) < 4.78 is 38.5. The Morgan fingerprint density at radius 2 is 1.96 bits per heavy atom. The number of anilines is 1. The topological polar surface area (TPSA) is 66.5 Å². The number of nitrogens with zero attached hydrogens (tertiary/aromatic N) is 1. The molecule has 0 aliphatic carbocycles. The van der Waals surface area contributed by atoms with Crippen LogP contribution in [0.2, 0.25) is 0 Å². The van der Waals surface area contributed by atoms with Gasteiger partial charge in [0.25, 0.3) is 15.9 Å². The number of halogens is 1. The SMILES string of the molecule is C=CS(=O)(=O)N1CCCc2cc(C(=O)NCc3ccc(F)cc3)ccc21. The summed E-state index contributed by atoms with van der Waals surface area (Å²) in [5.41, 5.74) is 2.66. The lowest BCUT2D eigenvalue weighted by Crippen LogP contribution is -2.34. The standard InChI is InChI=1S/C19H19FN2O3S/c1-2-26(24,25)22-11-3-4-15-12-16(7-10-18(15)22)19(23)21-13-14-5-8-17(20)9-6-14/h2,5-10,12H,1,3-4,11,13H2,(H,21,23). The first-order valence-corrected chi connectivity index (χ1v) is 9.72. The van der Waals surface area contributed by atoms with Crippen molar-refractivity contribution in [3.8, 4) is 0 Å². The van der Waals surface area contributed by atoms with Gasteiger partial charge in [-0.3, -0.25) is 9.10 Å². The highest BCUT2D eigenvalue weighted by Crippen LogP contribution is 2.30. The van der Waals surface area contributed by atoms with E-state index in [0.717, 1.165) is 16.5 Å². The minimum atomic E-state index is -3.55. The third kappa shape index (κ3) is 3.77. The number of aryl methyl sites for hydroxylation is 1. The molecule has 7 heteroatoms. The predicted octanol–water partition coefficient (Wildman–Crippen LogP) is 2.98. The number of hydrogen-bond acceptors (Lipinski definition) is 3. The average molecular weight is 374 g/mol. The molecule has 2 aromatic rings. The zero-order chi connectivity index (χ0) is 18.7. The number of hydrogen-bond donors (Lipinski definition) is 1. The molecule has 3 rings (SSSR count). The van der Waals surface area contributed by atoms with E-state index in [2.05, 4.69) is 11.9 Å². The molecule has 1 heterocycles. The zero-order valence-electron chi connectivity index (χ0n) is 14.1. The van der Waals surface area contributed by atoms with Crippen LogP contribution in [0.3, 0.4) is 0 Å². The van der Waals surface area contributed by atoms with Crippen LogP contribution in [-0.2, 0) is 23.0 Å². The van der Waals surface area contributed by atoms with Crippen LogP contribution in [0.4, 0.5) is 10.1 Å². The third-order valence-corrected chi connectivity index (χ3v) is 5.72. The van der Waals surface area contributed by atoms with E-state index in [9.17, 15) is 17.6 Å². The molecule has 0 saturated heterocycles. The van der Waals surface area contributed by atoms with E-state index >= 15 is 0 Å². The number of carbonyl (C=O) groups is 1. The molecule has 0 aromatic heterocycles. The Hall–Kier alpha value is -2.67. The molecule has 136 valence electrons. The van der Waals surface area contributed by atoms with Gasteiger partial charge in [0, 0.05) is 24.1 Å². The number of nitrogens with one attached hydrogen (secondary N) is 1. The number of benzene rings is 2. The second-order valence-corrected chi connectivity index (χ2v) is 7.84. The van der Waals surface area contributed by atoms with Crippen LogP contribution in [0.5, 0.6) is 0 Å². The van der Waals surface area contributed by atoms with Gasteiger partial charge in [-0.1, -0.05) is 18.7 Å². The molecule has 0 unspecified atom stereocenters. The van der Waals surface area contributed by atoms with E-state index in [4.69, 9.17) is 0 Å². The third-order valence-electron chi connectivity index (χ3n) is 4.30. The Morgan fingerprint density at radius 1 is 1.23 bits per heavy atom. The maximum atomic E-state index is 12.9. The maximum Gasteiger partial charge on any atom is 0.256 e. The van der Waals surface area contributed by atoms with E-state index in [1.54, 1.807) is 30.3 Å². The van der Waals surface area contributed by atoms with Crippen LogP contribution in [-0.4, -0.2) is 20.9 Å². The molecule has 1 aliphatic rings. The summed E-state index contributed by atoms with van der Waals surface area (Å²) in [6.45, 7) is 4.05. The second-order valence-electron chi connectivity index (χ2n) is 6.04. The van der Waals surface area contributed by atoms with Crippen molar-refractivity contribution in [2.75, 3.05) is 10.8 Å². The van der Waals surface area contributed by atoms with Crippen molar-refractivity contribution < 1.29 is 17.6 Å². The van der Waals surface area contributed by atoms with Gasteiger partial charge in [0.2, 0.25) is 0 Å². The fourth-order valence-corrected chi connectivity index (χ4v) is 3.96. The molecule has 1 amide bonds. The number of rotatable bonds is 5. The van der Waals surface area contributed by atoms with Crippen LogP contribution in [0, 0.1) is 5.82 Å². The van der Waals surface area contributed by atoms with Gasteiger partial charge >= 0.3 is 0 Å². The molecular formula is C19H19FN2O3S. The highest BCUT2D eigenvalue weighted by molar-refractivity contribution is 7.95. The minimum absolute atomic E-state index is 0.263. The summed E-state index contributed by atoms with van der Waals surface area (Å²) in [5, 5.41) is 3.72. The maximum absolute atomic E-state index is 12.9. The Balaban J connectivity index is 1.76. The first kappa shape index (κ1) is 18.1. The van der Waals surface area contributed by atoms with Crippen molar-refractivity contribution in [3.63, 3.8) is 0 Å². The van der Waals surface area contributed by atoms with Crippen molar-refractivity contribution in [1.29, 1.82) is 0 Å². The van der Waals surface area contributed by atoms with Gasteiger partial charge in [0.15, 0.2) is 0 Å². The molecule has 1 aliphatic heterocycles. The molecule has 26 heavy (non-hydrogen) atoms. The number of fused-ring (bicyclic) bond motifs is 1. The van der Waals surface area contributed by atoms with Gasteiger partial charge in [0.05, 0.1) is 5.69 Å². The summed E-state index contributed by atoms with van der Waals surface area (Å²) in [6, 6.07) is 10.9. The molecule has 0 bridgehead atoms. The molecular weight excluding hydrogens is 355 g/mol. The molecule has 0 radical (unpaired) electrons. The number of amides is 1. The van der Waals surface area contributed by atoms with Gasteiger partial charge in [0.1, 0.15) is 5.82 Å². The van der Waals surface area contributed by atoms with Crippen LogP contribution in [0.25, 0.3) is 0 Å². The molecule has 5 nitrogen and oxygen atoms in total. The van der Waals surface area contributed by atoms with Gasteiger partial charge in [-0.15, -0.1) is 0 Å². The summed E-state index contributed by atoms with van der Waals surface area (Å²) in [7, 11) is -3.55. The Morgan fingerprint density at radius 3 is 2.65 bits per heavy atom. The lowest BCUT2D eigenvalue weighted by Gasteiger charge is -2.29. The van der Waals surface area contributed by atoms with E-state index in [0.29, 0.717) is 30.6 Å². The fourth-order valence-electron chi connectivity index (χ4n) is 2.94. The van der Waals surface area contributed by atoms with Gasteiger partial charge < -0.3 is 5.32 Å². The lowest BCUT2D eigenvalue weighted by atomic mass is 10.0. The fraction of sp³-hybridized carbons (Fsp3) is 0.211. The van der Waals surface area contributed by atoms with Gasteiger partial charge in [-0.2, -0.15) is 0 Å². The molecule has 2 aromatic carbocycles. The van der Waals surface area contributed by atoms with Crippen molar-refractivity contribution in [2.24, 2.45) is 0 Å². The Kier molecular flexibility index (Phi) is 5.08. The normalized spacial score (nSPS) is 13.8. The van der Waals surface area contributed by atoms with E-state index in [1.165, 1.54) is 16.4 Å². The minimum Gasteiger partial charge on any atom is -0.348 e. The second kappa shape index (κ2) is 7.29. The van der Waals surface area contributed by atoms with Crippen molar-refractivity contribution >= 4 is 21.6 Å². The van der Waals surface area contributed by atoms with E-state index < -0.39 is 10.0 Å². The van der Waals surface area contributed by atoms with E-state index in [1.807, 2.05) is 0 Å². The number of sulfonamides is 1. The zero-order valence-corrected chi connectivity index (χ0v) is 14.9. The van der Waals surface area contributed by atoms with Crippen LogP contribution in [0.1, 0.15) is 27.9 Å². The first-order chi connectivity index (χ1) is 12.4. The quantitative estimate of drug-likeness (QED) is 0.875. The largest absolute Gasteiger partial charge is 0.348 e. The van der Waals surface area contributed by atoms with Crippen molar-refractivity contribution in [2.45, 2.75) is 19.4 Å². The smallest absolute Gasteiger partial charge is 0.256 e. The molecule has 0 spiro atoms. The molecule has 0 atom stereocenters. The first-order valence-electron chi connectivity index (χ1n) is 8.21. The van der Waals surface area contributed by atoms with Crippen LogP contribution in [0.15, 0.2) is 54.5 Å². The van der Waals surface area contributed by atoms with Crippen molar-refractivity contribution in [3.05, 3.63) is 77.0 Å². The highest BCUT2D eigenvalue weighted by Gasteiger charge is 2.25. The number of carbonyl (C=O) groups excluding carboxylic acids is 1. The average Bonchev–Trinajstić information content (AvgIpc) is 2.66. The summed E-state index contributed by atoms with van der Waals surface area (Å²) in [6.07, 6.45) is 1.39. The van der Waals surface area contributed by atoms with Crippen LogP contribution >= 0.6 is 0 Å². The molecule has 0 fully saturated rings. The monoisotopic (exact) mass is 374 g/mol. The molecule has 0 saturated carbocycles. The van der Waals surface area contributed by atoms with Gasteiger partial charge in [-0.05, 0) is 54.3 Å².